The molecule has 2 rings (SSSR count). The molecule has 2 N–H and O–H groups in total. The van der Waals surface area contributed by atoms with Crippen LogP contribution in [0, 0.1) is 5.82 Å². The molecule has 1 heterocycles. The average molecular weight is 251 g/mol. The van der Waals surface area contributed by atoms with E-state index in [2.05, 4.69) is 23.9 Å². The first-order valence-electron chi connectivity index (χ1n) is 6.49. The molecule has 0 bridgehead atoms. The highest BCUT2D eigenvalue weighted by atomic mass is 19.1. The lowest BCUT2D eigenvalue weighted by Crippen LogP contribution is -2.36. The van der Waals surface area contributed by atoms with Gasteiger partial charge in [0.15, 0.2) is 0 Å². The minimum atomic E-state index is -0.269. The Morgan fingerprint density at radius 1 is 1.50 bits per heavy atom. The lowest BCUT2D eigenvalue weighted by molar-refractivity contribution is 0.215. The van der Waals surface area contributed by atoms with E-state index in [0.29, 0.717) is 11.7 Å². The maximum Gasteiger partial charge on any atom is 0.125 e. The first kappa shape index (κ1) is 13.3. The zero-order valence-electron chi connectivity index (χ0n) is 11.2. The lowest BCUT2D eigenvalue weighted by atomic mass is 10.1. The van der Waals surface area contributed by atoms with Crippen LogP contribution in [-0.4, -0.2) is 43.0 Å². The highest BCUT2D eigenvalue weighted by molar-refractivity contribution is 5.46. The Hall–Kier alpha value is -1.13. The van der Waals surface area contributed by atoms with Gasteiger partial charge in [-0.3, -0.25) is 0 Å². The number of benzene rings is 1. The molecule has 1 unspecified atom stereocenters. The van der Waals surface area contributed by atoms with Crippen LogP contribution in [0.1, 0.15) is 18.4 Å². The number of hydrogen-bond acceptors (Lipinski definition) is 3. The zero-order chi connectivity index (χ0) is 13.1. The molecule has 1 aliphatic heterocycles. The standard InChI is InChI=1S/C14H22FN3/c1-17(10-13-4-3-7-18(13)2)9-11-5-6-12(15)8-14(11)16/h5-6,8,13H,3-4,7,9-10,16H2,1-2H3. The highest BCUT2D eigenvalue weighted by Gasteiger charge is 2.22. The molecule has 3 nitrogen and oxygen atoms in total. The van der Waals surface area contributed by atoms with Gasteiger partial charge in [-0.15, -0.1) is 0 Å². The third-order valence-electron chi connectivity index (χ3n) is 3.74. The molecule has 1 aromatic carbocycles. The van der Waals surface area contributed by atoms with Gasteiger partial charge in [-0.1, -0.05) is 6.07 Å². The molecule has 100 valence electrons. The number of nitrogens with zero attached hydrogens (tertiary/aromatic N) is 2. The second kappa shape index (κ2) is 5.67. The summed E-state index contributed by atoms with van der Waals surface area (Å²) in [5.74, 6) is -0.269. The van der Waals surface area contributed by atoms with Crippen LogP contribution >= 0.6 is 0 Å². The molecule has 0 aliphatic carbocycles. The summed E-state index contributed by atoms with van der Waals surface area (Å²) in [6.07, 6.45) is 2.55. The van der Waals surface area contributed by atoms with Crippen molar-refractivity contribution in [2.45, 2.75) is 25.4 Å². The van der Waals surface area contributed by atoms with Gasteiger partial charge in [-0.05, 0) is 51.2 Å². The van der Waals surface area contributed by atoms with Crippen LogP contribution in [0.15, 0.2) is 18.2 Å². The van der Waals surface area contributed by atoms with Gasteiger partial charge >= 0.3 is 0 Å². The number of hydrogen-bond donors (Lipinski definition) is 1. The molecule has 1 aliphatic rings. The van der Waals surface area contributed by atoms with E-state index >= 15 is 0 Å². The normalized spacial score (nSPS) is 20.8. The van der Waals surface area contributed by atoms with E-state index in [9.17, 15) is 4.39 Å². The molecule has 1 atom stereocenters. The van der Waals surface area contributed by atoms with Crippen LogP contribution < -0.4 is 5.73 Å². The van der Waals surface area contributed by atoms with E-state index in [4.69, 9.17) is 5.73 Å². The van der Waals surface area contributed by atoms with E-state index in [-0.39, 0.29) is 5.82 Å². The molecule has 0 aromatic heterocycles. The van der Waals surface area contributed by atoms with E-state index in [0.717, 1.165) is 18.7 Å². The van der Waals surface area contributed by atoms with Crippen LogP contribution in [0.3, 0.4) is 0 Å². The van der Waals surface area contributed by atoms with Gasteiger partial charge in [0, 0.05) is 24.8 Å². The van der Waals surface area contributed by atoms with Crippen LogP contribution in [0.25, 0.3) is 0 Å². The molecule has 1 saturated heterocycles. The van der Waals surface area contributed by atoms with Crippen molar-refractivity contribution >= 4 is 5.69 Å². The number of nitrogen functional groups attached to an aromatic ring is 1. The van der Waals surface area contributed by atoms with E-state index < -0.39 is 0 Å². The van der Waals surface area contributed by atoms with Crippen LogP contribution in [0.4, 0.5) is 10.1 Å². The molecule has 0 spiro atoms. The molecule has 0 saturated carbocycles. The summed E-state index contributed by atoms with van der Waals surface area (Å²) in [6.45, 7) is 3.00. The van der Waals surface area contributed by atoms with Gasteiger partial charge in [0.05, 0.1) is 0 Å². The number of likely N-dealkylation sites (tertiary alicyclic amines) is 1. The van der Waals surface area contributed by atoms with Gasteiger partial charge < -0.3 is 15.5 Å². The SMILES string of the molecule is CN(Cc1ccc(F)cc1N)CC1CCCN1C. The summed E-state index contributed by atoms with van der Waals surface area (Å²) >= 11 is 0. The number of nitrogens with two attached hydrogens (primary N) is 1. The Balaban J connectivity index is 1.92. The van der Waals surface area contributed by atoms with Gasteiger partial charge in [-0.25, -0.2) is 4.39 Å². The van der Waals surface area contributed by atoms with Crippen LogP contribution in [0.5, 0.6) is 0 Å². The largest absolute Gasteiger partial charge is 0.398 e. The number of likely N-dealkylation sites (N-methyl/N-ethyl adjacent to an activating group) is 2. The Bertz CT molecular complexity index is 408. The van der Waals surface area contributed by atoms with Gasteiger partial charge in [0.25, 0.3) is 0 Å². The van der Waals surface area contributed by atoms with Crippen molar-refractivity contribution in [1.29, 1.82) is 0 Å². The summed E-state index contributed by atoms with van der Waals surface area (Å²) in [4.78, 5) is 4.67. The molecule has 1 aromatic rings. The Kier molecular flexibility index (Phi) is 4.19. The molecular formula is C14H22FN3. The Labute approximate surface area is 108 Å². The summed E-state index contributed by atoms with van der Waals surface area (Å²) in [7, 11) is 4.27. The third-order valence-corrected chi connectivity index (χ3v) is 3.74. The predicted octanol–water partition coefficient (Wildman–Crippen LogP) is 1.93. The molecule has 0 radical (unpaired) electrons. The monoisotopic (exact) mass is 251 g/mol. The summed E-state index contributed by atoms with van der Waals surface area (Å²) in [6, 6.07) is 5.28. The first-order valence-corrected chi connectivity index (χ1v) is 6.49. The molecule has 1 fully saturated rings. The van der Waals surface area contributed by atoms with Crippen molar-refractivity contribution in [2.24, 2.45) is 0 Å². The summed E-state index contributed by atoms with van der Waals surface area (Å²) in [5.41, 5.74) is 7.37. The molecular weight excluding hydrogens is 229 g/mol. The Morgan fingerprint density at radius 3 is 2.89 bits per heavy atom. The average Bonchev–Trinajstić information content (AvgIpc) is 2.69. The fourth-order valence-corrected chi connectivity index (χ4v) is 2.63. The number of rotatable bonds is 4. The fourth-order valence-electron chi connectivity index (χ4n) is 2.63. The van der Waals surface area contributed by atoms with Crippen molar-refractivity contribution in [3.05, 3.63) is 29.6 Å². The lowest BCUT2D eigenvalue weighted by Gasteiger charge is -2.26. The smallest absolute Gasteiger partial charge is 0.125 e. The van der Waals surface area contributed by atoms with E-state index in [1.807, 2.05) is 0 Å². The van der Waals surface area contributed by atoms with Crippen LogP contribution in [0.2, 0.25) is 0 Å². The quantitative estimate of drug-likeness (QED) is 0.830. The van der Waals surface area contributed by atoms with Gasteiger partial charge in [0.1, 0.15) is 5.82 Å². The zero-order valence-corrected chi connectivity index (χ0v) is 11.2. The minimum absolute atomic E-state index is 0.269. The van der Waals surface area contributed by atoms with Crippen molar-refractivity contribution in [3.8, 4) is 0 Å². The van der Waals surface area contributed by atoms with E-state index in [1.54, 1.807) is 6.07 Å². The van der Waals surface area contributed by atoms with Crippen molar-refractivity contribution in [3.63, 3.8) is 0 Å². The van der Waals surface area contributed by atoms with E-state index in [1.165, 1.54) is 31.5 Å². The first-order chi connectivity index (χ1) is 8.56. The topological polar surface area (TPSA) is 32.5 Å². The van der Waals surface area contributed by atoms with Crippen LogP contribution in [-0.2, 0) is 6.54 Å². The highest BCUT2D eigenvalue weighted by Crippen LogP contribution is 2.18. The van der Waals surface area contributed by atoms with Gasteiger partial charge in [-0.2, -0.15) is 0 Å². The maximum atomic E-state index is 13.0. The summed E-state index contributed by atoms with van der Waals surface area (Å²) < 4.78 is 13.0. The second-order valence-electron chi connectivity index (χ2n) is 5.32. The summed E-state index contributed by atoms with van der Waals surface area (Å²) in [5, 5.41) is 0. The number of halogens is 1. The van der Waals surface area contributed by atoms with Gasteiger partial charge in [0.2, 0.25) is 0 Å². The molecule has 4 heteroatoms. The Morgan fingerprint density at radius 2 is 2.28 bits per heavy atom. The second-order valence-corrected chi connectivity index (χ2v) is 5.32. The molecule has 0 amide bonds. The fraction of sp³-hybridized carbons (Fsp3) is 0.571. The maximum absolute atomic E-state index is 13.0. The van der Waals surface area contributed by atoms with Crippen molar-refractivity contribution < 1.29 is 4.39 Å². The van der Waals surface area contributed by atoms with Crippen molar-refractivity contribution in [2.75, 3.05) is 32.9 Å². The minimum Gasteiger partial charge on any atom is -0.398 e. The molecule has 18 heavy (non-hydrogen) atoms. The number of anilines is 1. The van der Waals surface area contributed by atoms with Crippen molar-refractivity contribution in [1.82, 2.24) is 9.80 Å². The predicted molar refractivity (Wildman–Crippen MR) is 72.8 cm³/mol. The third kappa shape index (κ3) is 3.21.